The normalized spacial score (nSPS) is 17.6. The fourth-order valence-corrected chi connectivity index (χ4v) is 4.75. The van der Waals surface area contributed by atoms with Gasteiger partial charge in [0.2, 0.25) is 5.82 Å². The van der Waals surface area contributed by atoms with Crippen molar-refractivity contribution in [2.24, 2.45) is 0 Å². The van der Waals surface area contributed by atoms with E-state index in [2.05, 4.69) is 13.0 Å². The quantitative estimate of drug-likeness (QED) is 0.170. The van der Waals surface area contributed by atoms with Crippen LogP contribution in [0.5, 0.6) is 5.75 Å². The molecule has 0 amide bonds. The van der Waals surface area contributed by atoms with Crippen LogP contribution in [-0.4, -0.2) is 26.1 Å². The van der Waals surface area contributed by atoms with Crippen molar-refractivity contribution in [2.45, 2.75) is 64.6 Å². The lowest BCUT2D eigenvalue weighted by Gasteiger charge is -2.29. The highest BCUT2D eigenvalue weighted by Crippen LogP contribution is 2.33. The Morgan fingerprint density at radius 1 is 0.846 bits per heavy atom. The van der Waals surface area contributed by atoms with Crippen LogP contribution in [0.3, 0.4) is 0 Å². The van der Waals surface area contributed by atoms with Crippen molar-refractivity contribution in [2.75, 3.05) is 19.8 Å². The summed E-state index contributed by atoms with van der Waals surface area (Å²) in [6, 6.07) is 15.1. The Bertz CT molecular complexity index is 1230. The molecule has 1 fully saturated rings. The average Bonchev–Trinajstić information content (AvgIpc) is 2.96. The fraction of sp³-hybridized carbons (Fsp3) is 0.394. The topological polar surface area (TPSA) is 27.7 Å². The number of unbranched alkanes of at least 4 members (excludes halogenated alkanes) is 3. The molecule has 0 bridgehead atoms. The number of hydrogen-bond donors (Lipinski definition) is 0. The lowest BCUT2D eigenvalue weighted by Crippen LogP contribution is -2.31. The molecule has 0 aromatic heterocycles. The first-order valence-electron chi connectivity index (χ1n) is 13.9. The zero-order chi connectivity index (χ0) is 27.6. The number of halogens is 3. The van der Waals surface area contributed by atoms with Crippen LogP contribution in [0.1, 0.15) is 63.9 Å². The molecule has 39 heavy (non-hydrogen) atoms. The van der Waals surface area contributed by atoms with E-state index in [1.807, 2.05) is 19.1 Å². The zero-order valence-corrected chi connectivity index (χ0v) is 22.7. The van der Waals surface area contributed by atoms with Crippen molar-refractivity contribution in [1.29, 1.82) is 0 Å². The number of hydrogen-bond acceptors (Lipinski definition) is 3. The van der Waals surface area contributed by atoms with Crippen molar-refractivity contribution in [1.82, 2.24) is 0 Å². The maximum atomic E-state index is 15.1. The maximum Gasteiger partial charge on any atom is 0.201 e. The first-order valence-corrected chi connectivity index (χ1v) is 13.9. The summed E-state index contributed by atoms with van der Waals surface area (Å²) in [6.07, 6.45) is 9.47. The summed E-state index contributed by atoms with van der Waals surface area (Å²) < 4.78 is 61.6. The molecule has 3 aromatic rings. The minimum Gasteiger partial charge on any atom is -0.490 e. The van der Waals surface area contributed by atoms with Crippen LogP contribution >= 0.6 is 0 Å². The van der Waals surface area contributed by atoms with Crippen molar-refractivity contribution >= 4 is 0 Å². The molecule has 208 valence electrons. The van der Waals surface area contributed by atoms with Gasteiger partial charge < -0.3 is 14.2 Å². The number of ether oxygens (including phenoxy) is 3. The molecule has 4 rings (SSSR count). The standard InChI is InChI=1S/C33H37F3O3/c1-3-5-7-9-19-37-30-18-17-28(32(35)33(30)36)24-13-11-23(12-14-24)25-15-16-27(29(34)20-25)26-21-38-31(39-22-26)10-8-6-4-2/h4,6,11-18,20,26,31H,3,5,7-10,19,21-22H2,1-2H3. The minimum absolute atomic E-state index is 0.0714. The van der Waals surface area contributed by atoms with Gasteiger partial charge in [0.15, 0.2) is 17.9 Å². The Morgan fingerprint density at radius 3 is 2.26 bits per heavy atom. The minimum atomic E-state index is -0.982. The van der Waals surface area contributed by atoms with E-state index in [1.54, 1.807) is 30.3 Å². The lowest BCUT2D eigenvalue weighted by molar-refractivity contribution is -0.189. The third-order valence-electron chi connectivity index (χ3n) is 7.04. The Kier molecular flexibility index (Phi) is 10.6. The molecule has 0 spiro atoms. The summed E-state index contributed by atoms with van der Waals surface area (Å²) in [4.78, 5) is 0. The maximum absolute atomic E-state index is 15.1. The number of benzene rings is 3. The summed E-state index contributed by atoms with van der Waals surface area (Å²) in [5.41, 5.74) is 2.72. The van der Waals surface area contributed by atoms with Crippen LogP contribution < -0.4 is 4.74 Å². The molecule has 0 N–H and O–H groups in total. The molecule has 1 saturated heterocycles. The second kappa shape index (κ2) is 14.3. The fourth-order valence-electron chi connectivity index (χ4n) is 4.75. The van der Waals surface area contributed by atoms with E-state index in [0.29, 0.717) is 36.5 Å². The van der Waals surface area contributed by atoms with Crippen molar-refractivity contribution < 1.29 is 27.4 Å². The Labute approximate surface area is 229 Å². The van der Waals surface area contributed by atoms with Crippen molar-refractivity contribution in [3.63, 3.8) is 0 Å². The predicted molar refractivity (Wildman–Crippen MR) is 149 cm³/mol. The molecular weight excluding hydrogens is 501 g/mol. The molecule has 3 nitrogen and oxygen atoms in total. The van der Waals surface area contributed by atoms with Gasteiger partial charge in [-0.25, -0.2) is 8.78 Å². The van der Waals surface area contributed by atoms with Gasteiger partial charge in [-0.1, -0.05) is 74.7 Å². The van der Waals surface area contributed by atoms with Gasteiger partial charge in [0.25, 0.3) is 0 Å². The van der Waals surface area contributed by atoms with Gasteiger partial charge in [0, 0.05) is 17.9 Å². The van der Waals surface area contributed by atoms with Gasteiger partial charge >= 0.3 is 0 Å². The molecule has 0 radical (unpaired) electrons. The van der Waals surface area contributed by atoms with Crippen LogP contribution in [0.2, 0.25) is 0 Å². The monoisotopic (exact) mass is 538 g/mol. The van der Waals surface area contributed by atoms with Gasteiger partial charge in [-0.2, -0.15) is 4.39 Å². The summed E-state index contributed by atoms with van der Waals surface area (Å²) >= 11 is 0. The molecule has 1 aliphatic heterocycles. The first-order chi connectivity index (χ1) is 19.0. The highest BCUT2D eigenvalue weighted by atomic mass is 19.2. The predicted octanol–water partition coefficient (Wildman–Crippen LogP) is 9.21. The third kappa shape index (κ3) is 7.52. The van der Waals surface area contributed by atoms with Crippen LogP contribution in [-0.2, 0) is 9.47 Å². The molecule has 1 heterocycles. The highest BCUT2D eigenvalue weighted by molar-refractivity contribution is 5.71. The first kappa shape index (κ1) is 28.9. The van der Waals surface area contributed by atoms with E-state index in [4.69, 9.17) is 14.2 Å². The van der Waals surface area contributed by atoms with E-state index < -0.39 is 11.6 Å². The van der Waals surface area contributed by atoms with Crippen molar-refractivity contribution in [3.8, 4) is 28.0 Å². The smallest absolute Gasteiger partial charge is 0.201 e. The van der Waals surface area contributed by atoms with Crippen LogP contribution in [0.15, 0.2) is 66.7 Å². The molecule has 6 heteroatoms. The molecule has 1 aliphatic rings. The molecule has 0 saturated carbocycles. The van der Waals surface area contributed by atoms with Crippen molar-refractivity contribution in [3.05, 3.63) is 89.8 Å². The van der Waals surface area contributed by atoms with Crippen LogP contribution in [0.4, 0.5) is 13.2 Å². The molecule has 0 unspecified atom stereocenters. The van der Waals surface area contributed by atoms with Gasteiger partial charge in [-0.15, -0.1) is 0 Å². The molecule has 0 atom stereocenters. The second-order valence-electron chi connectivity index (χ2n) is 9.90. The van der Waals surface area contributed by atoms with E-state index in [1.165, 1.54) is 18.2 Å². The zero-order valence-electron chi connectivity index (χ0n) is 22.7. The Morgan fingerprint density at radius 2 is 1.56 bits per heavy atom. The van der Waals surface area contributed by atoms with Gasteiger partial charge in [-0.05, 0) is 60.2 Å². The summed E-state index contributed by atoms with van der Waals surface area (Å²) in [6.45, 7) is 5.27. The molecular formula is C33H37F3O3. The molecule has 3 aromatic carbocycles. The third-order valence-corrected chi connectivity index (χ3v) is 7.04. The van der Waals surface area contributed by atoms with E-state index >= 15 is 4.39 Å². The lowest BCUT2D eigenvalue weighted by atomic mass is 9.95. The Balaban J connectivity index is 1.39. The van der Waals surface area contributed by atoms with Crippen LogP contribution in [0.25, 0.3) is 22.3 Å². The highest BCUT2D eigenvalue weighted by Gasteiger charge is 2.25. The number of allylic oxidation sites excluding steroid dienone is 2. The van der Waals surface area contributed by atoms with E-state index in [0.717, 1.165) is 44.1 Å². The van der Waals surface area contributed by atoms with E-state index in [9.17, 15) is 8.78 Å². The molecule has 0 aliphatic carbocycles. The summed E-state index contributed by atoms with van der Waals surface area (Å²) in [5, 5.41) is 0. The van der Waals surface area contributed by atoms with Gasteiger partial charge in [0.05, 0.1) is 19.8 Å². The van der Waals surface area contributed by atoms with Gasteiger partial charge in [-0.3, -0.25) is 0 Å². The largest absolute Gasteiger partial charge is 0.490 e. The second-order valence-corrected chi connectivity index (χ2v) is 9.90. The average molecular weight is 539 g/mol. The number of rotatable bonds is 12. The summed E-state index contributed by atoms with van der Waals surface area (Å²) in [5.74, 6) is -2.48. The summed E-state index contributed by atoms with van der Waals surface area (Å²) in [7, 11) is 0. The van der Waals surface area contributed by atoms with Crippen LogP contribution in [0, 0.1) is 17.5 Å². The Hall–Kier alpha value is -3.09. The van der Waals surface area contributed by atoms with E-state index in [-0.39, 0.29) is 29.3 Å². The van der Waals surface area contributed by atoms with Gasteiger partial charge in [0.1, 0.15) is 5.82 Å². The SMILES string of the molecule is CC=CCCC1OCC(c2ccc(-c3ccc(-c4ccc(OCCCCCC)c(F)c4F)cc3)cc2F)CO1.